The summed E-state index contributed by atoms with van der Waals surface area (Å²) < 4.78 is 0.999. The molecule has 0 bridgehead atoms. The Bertz CT molecular complexity index is 1190. The van der Waals surface area contributed by atoms with Crippen LogP contribution in [0.3, 0.4) is 0 Å². The molecule has 0 unspecified atom stereocenters. The van der Waals surface area contributed by atoms with Crippen LogP contribution in [0, 0.1) is 10.1 Å². The largest absolute Gasteiger partial charge is 0.322 e. The van der Waals surface area contributed by atoms with Gasteiger partial charge in [-0.05, 0) is 29.8 Å². The number of thioether (sulfide) groups is 1. The van der Waals surface area contributed by atoms with Gasteiger partial charge in [0.15, 0.2) is 4.34 Å². The summed E-state index contributed by atoms with van der Waals surface area (Å²) >= 11 is 3.28. The predicted octanol–water partition coefficient (Wildman–Crippen LogP) is 6.26. The molecule has 0 saturated carbocycles. The number of non-ortho nitro benzene ring substituents is 1. The highest BCUT2D eigenvalue weighted by Gasteiger charge is 2.09. The second-order valence-electron chi connectivity index (χ2n) is 6.61. The van der Waals surface area contributed by atoms with Gasteiger partial charge in [0.1, 0.15) is 0 Å². The smallest absolute Gasteiger partial charge is 0.269 e. The molecule has 3 aromatic carbocycles. The number of nitrogens with one attached hydrogen (secondary N) is 1. The van der Waals surface area contributed by atoms with Gasteiger partial charge in [0.25, 0.3) is 11.6 Å². The summed E-state index contributed by atoms with van der Waals surface area (Å²) in [6.45, 7) is 0. The number of nitro benzene ring substituents is 1. The molecule has 0 aliphatic heterocycles. The van der Waals surface area contributed by atoms with Crippen LogP contribution in [0.25, 0.3) is 11.3 Å². The van der Waals surface area contributed by atoms with Gasteiger partial charge in [0.2, 0.25) is 0 Å². The second-order valence-corrected chi connectivity index (χ2v) is 8.69. The molecule has 31 heavy (non-hydrogen) atoms. The minimum absolute atomic E-state index is 0.0176. The summed E-state index contributed by atoms with van der Waals surface area (Å²) in [7, 11) is 0. The van der Waals surface area contributed by atoms with Crippen molar-refractivity contribution in [2.45, 2.75) is 10.1 Å². The highest BCUT2D eigenvalue weighted by Crippen LogP contribution is 2.30. The first-order valence-corrected chi connectivity index (χ1v) is 11.2. The number of rotatable bonds is 7. The average Bonchev–Trinajstić information content (AvgIpc) is 3.28. The lowest BCUT2D eigenvalue weighted by Crippen LogP contribution is -2.11. The Balaban J connectivity index is 1.33. The lowest BCUT2D eigenvalue weighted by Gasteiger charge is -2.06. The normalized spacial score (nSPS) is 10.6. The van der Waals surface area contributed by atoms with E-state index in [1.165, 1.54) is 24.3 Å². The lowest BCUT2D eigenvalue weighted by atomic mass is 10.1. The Morgan fingerprint density at radius 1 is 1.00 bits per heavy atom. The molecule has 0 aliphatic carbocycles. The van der Waals surface area contributed by atoms with Crippen LogP contribution in [0.5, 0.6) is 0 Å². The van der Waals surface area contributed by atoms with Gasteiger partial charge < -0.3 is 5.32 Å². The Labute approximate surface area is 187 Å². The first-order chi connectivity index (χ1) is 15.1. The molecule has 4 aromatic rings. The van der Waals surface area contributed by atoms with E-state index in [1.54, 1.807) is 35.2 Å². The van der Waals surface area contributed by atoms with Gasteiger partial charge in [0, 0.05) is 40.1 Å². The maximum absolute atomic E-state index is 12.4. The summed E-state index contributed by atoms with van der Waals surface area (Å²) in [5.74, 6) is 0.493. The Morgan fingerprint density at radius 2 is 1.71 bits per heavy atom. The number of carbonyl (C=O) groups is 1. The average molecular weight is 448 g/mol. The number of aromatic nitrogens is 1. The topological polar surface area (TPSA) is 85.1 Å². The van der Waals surface area contributed by atoms with E-state index in [1.807, 2.05) is 42.5 Å². The second kappa shape index (κ2) is 9.55. The molecular formula is C23H17N3O3S2. The number of hydrogen-bond donors (Lipinski definition) is 1. The zero-order chi connectivity index (χ0) is 21.6. The van der Waals surface area contributed by atoms with Crippen molar-refractivity contribution in [2.75, 3.05) is 5.32 Å². The van der Waals surface area contributed by atoms with E-state index in [4.69, 9.17) is 0 Å². The van der Waals surface area contributed by atoms with Gasteiger partial charge in [-0.25, -0.2) is 4.98 Å². The summed E-state index contributed by atoms with van der Waals surface area (Å²) in [5, 5.41) is 15.5. The fourth-order valence-electron chi connectivity index (χ4n) is 2.83. The number of thiazole rings is 1. The van der Waals surface area contributed by atoms with Crippen LogP contribution in [0.4, 0.5) is 11.4 Å². The minimum atomic E-state index is -0.476. The summed E-state index contributed by atoms with van der Waals surface area (Å²) in [6.07, 6.45) is 0. The highest BCUT2D eigenvalue weighted by molar-refractivity contribution is 8.00. The molecule has 0 radical (unpaired) electrons. The molecular weight excluding hydrogens is 430 g/mol. The van der Waals surface area contributed by atoms with Crippen LogP contribution in [-0.4, -0.2) is 15.8 Å². The van der Waals surface area contributed by atoms with Gasteiger partial charge in [-0.15, -0.1) is 11.3 Å². The molecule has 1 aromatic heterocycles. The maximum atomic E-state index is 12.4. The first-order valence-electron chi connectivity index (χ1n) is 9.37. The van der Waals surface area contributed by atoms with Crippen molar-refractivity contribution >= 4 is 40.4 Å². The molecule has 0 atom stereocenters. The van der Waals surface area contributed by atoms with Gasteiger partial charge in [-0.3, -0.25) is 14.9 Å². The van der Waals surface area contributed by atoms with Crippen LogP contribution in [0.15, 0.2) is 88.6 Å². The van der Waals surface area contributed by atoms with Crippen molar-refractivity contribution in [1.29, 1.82) is 0 Å². The van der Waals surface area contributed by atoms with Crippen molar-refractivity contribution in [3.05, 3.63) is 105 Å². The monoisotopic (exact) mass is 447 g/mol. The van der Waals surface area contributed by atoms with Crippen molar-refractivity contribution in [1.82, 2.24) is 4.98 Å². The highest BCUT2D eigenvalue weighted by atomic mass is 32.2. The van der Waals surface area contributed by atoms with Gasteiger partial charge in [0.05, 0.1) is 10.6 Å². The van der Waals surface area contributed by atoms with E-state index in [2.05, 4.69) is 15.7 Å². The van der Waals surface area contributed by atoms with Crippen LogP contribution in [0.1, 0.15) is 15.9 Å². The summed E-state index contributed by atoms with van der Waals surface area (Å²) in [4.78, 5) is 27.3. The van der Waals surface area contributed by atoms with E-state index >= 15 is 0 Å². The van der Waals surface area contributed by atoms with Crippen LogP contribution in [-0.2, 0) is 5.75 Å². The first kappa shape index (κ1) is 20.8. The molecule has 1 heterocycles. The van der Waals surface area contributed by atoms with Crippen molar-refractivity contribution in [2.24, 2.45) is 0 Å². The molecule has 1 N–H and O–H groups in total. The van der Waals surface area contributed by atoms with Crippen molar-refractivity contribution < 1.29 is 9.72 Å². The molecule has 1 amide bonds. The van der Waals surface area contributed by atoms with Crippen LogP contribution >= 0.6 is 23.1 Å². The van der Waals surface area contributed by atoms with Crippen molar-refractivity contribution in [3.8, 4) is 11.3 Å². The van der Waals surface area contributed by atoms with Crippen molar-refractivity contribution in [3.63, 3.8) is 0 Å². The van der Waals surface area contributed by atoms with E-state index in [-0.39, 0.29) is 11.6 Å². The molecule has 4 rings (SSSR count). The zero-order valence-electron chi connectivity index (χ0n) is 16.2. The number of benzene rings is 3. The van der Waals surface area contributed by atoms with E-state index in [0.717, 1.165) is 26.9 Å². The number of carbonyl (C=O) groups excluding carboxylic acids is 1. The quantitative estimate of drug-likeness (QED) is 0.205. The van der Waals surface area contributed by atoms with Crippen LogP contribution < -0.4 is 5.32 Å². The predicted molar refractivity (Wildman–Crippen MR) is 125 cm³/mol. The van der Waals surface area contributed by atoms with Gasteiger partial charge in [-0.2, -0.15) is 0 Å². The number of anilines is 1. The van der Waals surface area contributed by atoms with E-state index < -0.39 is 4.92 Å². The molecule has 0 spiro atoms. The molecule has 0 aliphatic rings. The maximum Gasteiger partial charge on any atom is 0.269 e. The fourth-order valence-corrected chi connectivity index (χ4v) is 4.62. The third kappa shape index (κ3) is 5.36. The van der Waals surface area contributed by atoms with E-state index in [9.17, 15) is 14.9 Å². The minimum Gasteiger partial charge on any atom is -0.322 e. The molecule has 8 heteroatoms. The lowest BCUT2D eigenvalue weighted by molar-refractivity contribution is -0.384. The number of hydrogen-bond acceptors (Lipinski definition) is 6. The Morgan fingerprint density at radius 3 is 2.39 bits per heavy atom. The standard InChI is InChI=1S/C23H17N3O3S2/c27-22(24-19-10-12-20(13-11-19)26(28)29)18-8-6-16(7-9-18)14-30-23-25-21(15-31-23)17-4-2-1-3-5-17/h1-13,15H,14H2,(H,24,27). The summed E-state index contributed by atoms with van der Waals surface area (Å²) in [6, 6.07) is 23.2. The Kier molecular flexibility index (Phi) is 6.40. The third-order valence-electron chi connectivity index (χ3n) is 4.47. The number of nitro groups is 1. The van der Waals surface area contributed by atoms with Gasteiger partial charge in [-0.1, -0.05) is 54.2 Å². The SMILES string of the molecule is O=C(Nc1ccc([N+](=O)[O-])cc1)c1ccc(CSc2nc(-c3ccccc3)cs2)cc1. The zero-order valence-corrected chi connectivity index (χ0v) is 17.9. The van der Waals surface area contributed by atoms with Gasteiger partial charge >= 0.3 is 0 Å². The fraction of sp³-hybridized carbons (Fsp3) is 0.0435. The molecule has 6 nitrogen and oxygen atoms in total. The van der Waals surface area contributed by atoms with Crippen LogP contribution in [0.2, 0.25) is 0 Å². The third-order valence-corrected chi connectivity index (χ3v) is 6.56. The molecule has 0 saturated heterocycles. The number of nitrogens with zero attached hydrogens (tertiary/aromatic N) is 2. The molecule has 0 fully saturated rings. The van der Waals surface area contributed by atoms with E-state index in [0.29, 0.717) is 11.3 Å². The number of amides is 1. The Hall–Kier alpha value is -3.49. The summed E-state index contributed by atoms with van der Waals surface area (Å²) in [5.41, 5.74) is 4.19. The molecule has 154 valence electrons.